The second-order valence-corrected chi connectivity index (χ2v) is 9.36. The van der Waals surface area contributed by atoms with E-state index in [2.05, 4.69) is 4.57 Å². The molecule has 2 aromatic carbocycles. The van der Waals surface area contributed by atoms with Gasteiger partial charge in [-0.15, -0.1) is 0 Å². The summed E-state index contributed by atoms with van der Waals surface area (Å²) in [7, 11) is 0. The number of hydrogen-bond donors (Lipinski definition) is 2. The number of benzene rings is 2. The fourth-order valence-electron chi connectivity index (χ4n) is 4.37. The van der Waals surface area contributed by atoms with Crippen molar-refractivity contribution in [3.63, 3.8) is 0 Å². The molecule has 0 saturated carbocycles. The van der Waals surface area contributed by atoms with E-state index in [0.717, 1.165) is 33.7 Å². The van der Waals surface area contributed by atoms with Gasteiger partial charge >= 0.3 is 5.97 Å². The predicted molar refractivity (Wildman–Crippen MR) is 122 cm³/mol. The summed E-state index contributed by atoms with van der Waals surface area (Å²) in [6.45, 7) is 10.7. The quantitative estimate of drug-likeness (QED) is 0.573. The number of halogens is 1. The van der Waals surface area contributed by atoms with Gasteiger partial charge in [0, 0.05) is 22.7 Å². The van der Waals surface area contributed by atoms with Crippen LogP contribution in [0.4, 0.5) is 5.69 Å². The molecular weight excluding hydrogens is 416 g/mol. The second-order valence-electron chi connectivity index (χ2n) is 8.92. The van der Waals surface area contributed by atoms with Gasteiger partial charge in [0.15, 0.2) is 6.10 Å². The summed E-state index contributed by atoms with van der Waals surface area (Å²) in [4.78, 5) is 17.3. The van der Waals surface area contributed by atoms with Crippen LogP contribution < -0.4 is 10.9 Å². The fraction of sp³-hybridized carbons (Fsp3) is 0.391. The number of hydrazine groups is 1. The number of ether oxygens (including phenoxy) is 1. The zero-order chi connectivity index (χ0) is 22.7. The minimum Gasteiger partial charge on any atom is -0.479 e. The van der Waals surface area contributed by atoms with Gasteiger partial charge < -0.3 is 19.4 Å². The lowest BCUT2D eigenvalue weighted by Gasteiger charge is -2.33. The highest BCUT2D eigenvalue weighted by Crippen LogP contribution is 2.46. The van der Waals surface area contributed by atoms with Crippen LogP contribution in [0.15, 0.2) is 24.3 Å². The molecule has 8 heteroatoms. The molecule has 1 atom stereocenters. The van der Waals surface area contributed by atoms with E-state index in [1.165, 1.54) is 0 Å². The van der Waals surface area contributed by atoms with Gasteiger partial charge in [0.25, 0.3) is 0 Å². The summed E-state index contributed by atoms with van der Waals surface area (Å²) in [5, 5.41) is 12.5. The molecule has 0 amide bonds. The Morgan fingerprint density at radius 2 is 1.87 bits per heavy atom. The van der Waals surface area contributed by atoms with Gasteiger partial charge in [-0.1, -0.05) is 23.7 Å². The number of nitrogens with two attached hydrogens (primary N) is 1. The van der Waals surface area contributed by atoms with Crippen molar-refractivity contribution in [2.75, 3.05) is 11.6 Å². The molecule has 164 valence electrons. The maximum Gasteiger partial charge on any atom is 0.337 e. The molecule has 31 heavy (non-hydrogen) atoms. The second kappa shape index (κ2) is 7.51. The SMILES string of the molecule is Cc1c([C@H](OC(C)(C)C)C(=O)O)c(-c2ccc(Cl)cc2)c2nc(C)n3c2c1N(N)CC3. The zero-order valence-corrected chi connectivity index (χ0v) is 19.1. The number of imidazole rings is 1. The van der Waals surface area contributed by atoms with E-state index in [4.69, 9.17) is 27.2 Å². The molecule has 0 aliphatic carbocycles. The van der Waals surface area contributed by atoms with Crippen molar-refractivity contribution in [3.05, 3.63) is 46.2 Å². The molecule has 0 saturated heterocycles. The highest BCUT2D eigenvalue weighted by Gasteiger charge is 2.36. The van der Waals surface area contributed by atoms with Crippen molar-refractivity contribution in [2.45, 2.75) is 52.9 Å². The molecule has 0 radical (unpaired) electrons. The molecule has 0 unspecified atom stereocenters. The van der Waals surface area contributed by atoms with Crippen molar-refractivity contribution < 1.29 is 14.6 Å². The third kappa shape index (κ3) is 3.67. The average molecular weight is 443 g/mol. The van der Waals surface area contributed by atoms with Gasteiger partial charge in [0.05, 0.1) is 28.9 Å². The standard InChI is InChI=1S/C23H27ClN4O3/c1-12-16(21(22(29)30)31-23(3,4)5)17(14-6-8-15(24)9-7-14)18-20-19(12)28(25)11-10-27(20)13(2)26-18/h6-9,21H,10-11,25H2,1-5H3,(H,29,30)/t21-/m0/s1. The Balaban J connectivity index is 2.16. The number of carboxylic acid groups (broad SMARTS) is 1. The van der Waals surface area contributed by atoms with Crippen LogP contribution in [0.3, 0.4) is 0 Å². The van der Waals surface area contributed by atoms with Crippen LogP contribution in [0, 0.1) is 13.8 Å². The first-order chi connectivity index (χ1) is 14.5. The van der Waals surface area contributed by atoms with Crippen LogP contribution in [0.5, 0.6) is 0 Å². The normalized spacial score (nSPS) is 14.9. The number of aliphatic carboxylic acids is 1. The molecule has 0 bridgehead atoms. The van der Waals surface area contributed by atoms with Gasteiger partial charge in [-0.05, 0) is 57.9 Å². The maximum atomic E-state index is 12.5. The third-order valence-corrected chi connectivity index (χ3v) is 5.84. The van der Waals surface area contributed by atoms with Crippen LogP contribution in [0.25, 0.3) is 22.2 Å². The van der Waals surface area contributed by atoms with Gasteiger partial charge in [-0.25, -0.2) is 15.6 Å². The summed E-state index contributed by atoms with van der Waals surface area (Å²) in [6.07, 6.45) is -1.19. The summed E-state index contributed by atoms with van der Waals surface area (Å²) < 4.78 is 8.21. The molecule has 0 fully saturated rings. The van der Waals surface area contributed by atoms with Crippen LogP contribution in [-0.4, -0.2) is 32.8 Å². The number of aromatic nitrogens is 2. The predicted octanol–water partition coefficient (Wildman–Crippen LogP) is 4.61. The van der Waals surface area contributed by atoms with Gasteiger partial charge in [0.2, 0.25) is 0 Å². The van der Waals surface area contributed by atoms with E-state index in [9.17, 15) is 9.90 Å². The molecule has 4 rings (SSSR count). The lowest BCUT2D eigenvalue weighted by molar-refractivity contribution is -0.160. The summed E-state index contributed by atoms with van der Waals surface area (Å²) >= 11 is 6.13. The highest BCUT2D eigenvalue weighted by molar-refractivity contribution is 6.30. The first-order valence-corrected chi connectivity index (χ1v) is 10.6. The molecule has 1 aliphatic heterocycles. The van der Waals surface area contributed by atoms with E-state index in [0.29, 0.717) is 29.2 Å². The van der Waals surface area contributed by atoms with E-state index in [-0.39, 0.29) is 0 Å². The number of hydrogen-bond acceptors (Lipinski definition) is 5. The number of carboxylic acids is 1. The van der Waals surface area contributed by atoms with E-state index in [1.54, 1.807) is 17.1 Å². The minimum absolute atomic E-state index is 0.564. The van der Waals surface area contributed by atoms with Gasteiger partial charge in [-0.2, -0.15) is 0 Å². The van der Waals surface area contributed by atoms with E-state index >= 15 is 0 Å². The number of nitrogens with zero attached hydrogens (tertiary/aromatic N) is 3. The molecule has 1 aromatic heterocycles. The summed E-state index contributed by atoms with van der Waals surface area (Å²) in [6, 6.07) is 7.36. The molecule has 2 heterocycles. The van der Waals surface area contributed by atoms with Crippen LogP contribution >= 0.6 is 11.6 Å². The first kappa shape index (κ1) is 21.6. The van der Waals surface area contributed by atoms with Gasteiger partial charge in [-0.3, -0.25) is 0 Å². The fourth-order valence-corrected chi connectivity index (χ4v) is 4.49. The molecule has 7 nitrogen and oxygen atoms in total. The number of rotatable bonds is 4. The van der Waals surface area contributed by atoms with Crippen LogP contribution in [0.1, 0.15) is 43.8 Å². The Labute approximate surface area is 186 Å². The molecule has 3 aromatic rings. The highest BCUT2D eigenvalue weighted by atomic mass is 35.5. The largest absolute Gasteiger partial charge is 0.479 e. The van der Waals surface area contributed by atoms with Gasteiger partial charge in [0.1, 0.15) is 5.82 Å². The summed E-state index contributed by atoms with van der Waals surface area (Å²) in [5.41, 5.74) is 4.66. The molecule has 3 N–H and O–H groups in total. The van der Waals surface area contributed by atoms with Crippen molar-refractivity contribution in [1.29, 1.82) is 0 Å². The topological polar surface area (TPSA) is 93.6 Å². The smallest absolute Gasteiger partial charge is 0.337 e. The number of anilines is 1. The van der Waals surface area contributed by atoms with Crippen molar-refractivity contribution in [1.82, 2.24) is 9.55 Å². The lowest BCUT2D eigenvalue weighted by Crippen LogP contribution is -2.38. The zero-order valence-electron chi connectivity index (χ0n) is 18.4. The Kier molecular flexibility index (Phi) is 5.24. The van der Waals surface area contributed by atoms with Crippen molar-refractivity contribution in [2.24, 2.45) is 5.84 Å². The molecule has 0 spiro atoms. The van der Waals surface area contributed by atoms with Crippen molar-refractivity contribution in [3.8, 4) is 11.1 Å². The Morgan fingerprint density at radius 1 is 1.23 bits per heavy atom. The summed E-state index contributed by atoms with van der Waals surface area (Å²) in [5.74, 6) is 6.18. The van der Waals surface area contributed by atoms with Crippen LogP contribution in [-0.2, 0) is 16.1 Å². The third-order valence-electron chi connectivity index (χ3n) is 5.59. The average Bonchev–Trinajstić information content (AvgIpc) is 3.00. The Morgan fingerprint density at radius 3 is 2.45 bits per heavy atom. The Hall–Kier alpha value is -2.61. The molecule has 1 aliphatic rings. The van der Waals surface area contributed by atoms with Crippen LogP contribution in [0.2, 0.25) is 5.02 Å². The van der Waals surface area contributed by atoms with E-state index in [1.807, 2.05) is 46.8 Å². The first-order valence-electron chi connectivity index (χ1n) is 10.2. The Bertz CT molecular complexity index is 1180. The number of carbonyl (C=O) groups is 1. The lowest BCUT2D eigenvalue weighted by atomic mass is 9.88. The number of aryl methyl sites for hydroxylation is 1. The van der Waals surface area contributed by atoms with Crippen molar-refractivity contribution >= 4 is 34.3 Å². The van der Waals surface area contributed by atoms with E-state index < -0.39 is 17.7 Å². The molecular formula is C23H27ClN4O3. The minimum atomic E-state index is -1.19. The monoisotopic (exact) mass is 442 g/mol. The maximum absolute atomic E-state index is 12.5.